The van der Waals surface area contributed by atoms with E-state index < -0.39 is 0 Å². The smallest absolute Gasteiger partial charge is 0.101 e. The maximum absolute atomic E-state index is 9.20. The molecule has 0 saturated carbocycles. The SMILES string of the molecule is Cc1ccc(C#N)c(N(C)C(C)c2cccs2)c1. The number of nitriles is 1. The predicted molar refractivity (Wildman–Crippen MR) is 77.0 cm³/mol. The second kappa shape index (κ2) is 5.24. The van der Waals surface area contributed by atoms with Gasteiger partial charge in [0.2, 0.25) is 0 Å². The van der Waals surface area contributed by atoms with Gasteiger partial charge in [-0.15, -0.1) is 11.3 Å². The van der Waals surface area contributed by atoms with Crippen molar-refractivity contribution >= 4 is 17.0 Å². The third-order valence-corrected chi connectivity index (χ3v) is 4.23. The molecule has 0 radical (unpaired) electrons. The lowest BCUT2D eigenvalue weighted by atomic mass is 10.1. The standard InChI is InChI=1S/C15H16N2S/c1-11-6-7-13(10-16)14(9-11)17(3)12(2)15-5-4-8-18-15/h4-9,12H,1-3H3. The summed E-state index contributed by atoms with van der Waals surface area (Å²) in [5, 5.41) is 11.3. The molecule has 0 spiro atoms. The Kier molecular flexibility index (Phi) is 3.69. The second-order valence-electron chi connectivity index (χ2n) is 4.43. The summed E-state index contributed by atoms with van der Waals surface area (Å²) >= 11 is 1.75. The van der Waals surface area contributed by atoms with Crippen molar-refractivity contribution < 1.29 is 0 Å². The molecular weight excluding hydrogens is 240 g/mol. The molecule has 0 N–H and O–H groups in total. The van der Waals surface area contributed by atoms with Gasteiger partial charge in [-0.2, -0.15) is 5.26 Å². The van der Waals surface area contributed by atoms with Crippen LogP contribution in [0.3, 0.4) is 0 Å². The van der Waals surface area contributed by atoms with Crippen LogP contribution in [-0.2, 0) is 0 Å². The maximum Gasteiger partial charge on any atom is 0.101 e. The summed E-state index contributed by atoms with van der Waals surface area (Å²) < 4.78 is 0. The summed E-state index contributed by atoms with van der Waals surface area (Å²) in [7, 11) is 2.04. The molecule has 2 rings (SSSR count). The van der Waals surface area contributed by atoms with Gasteiger partial charge in [-0.05, 0) is 43.0 Å². The molecule has 3 heteroatoms. The van der Waals surface area contributed by atoms with Crippen molar-refractivity contribution in [3.63, 3.8) is 0 Å². The fourth-order valence-corrected chi connectivity index (χ4v) is 2.78. The normalized spacial score (nSPS) is 11.9. The Morgan fingerprint density at radius 1 is 1.33 bits per heavy atom. The van der Waals surface area contributed by atoms with Crippen molar-refractivity contribution in [2.24, 2.45) is 0 Å². The molecule has 0 amide bonds. The molecule has 92 valence electrons. The Bertz CT molecular complexity index is 567. The van der Waals surface area contributed by atoms with Crippen LogP contribution in [0.1, 0.15) is 29.0 Å². The van der Waals surface area contributed by atoms with Crippen LogP contribution >= 0.6 is 11.3 Å². The average molecular weight is 256 g/mol. The summed E-state index contributed by atoms with van der Waals surface area (Å²) in [5.41, 5.74) is 2.90. The van der Waals surface area contributed by atoms with Gasteiger partial charge in [-0.3, -0.25) is 0 Å². The first-order chi connectivity index (χ1) is 8.63. The summed E-state index contributed by atoms with van der Waals surface area (Å²) in [6.07, 6.45) is 0. The van der Waals surface area contributed by atoms with E-state index in [1.807, 2.05) is 26.1 Å². The number of aryl methyl sites for hydroxylation is 1. The molecule has 1 heterocycles. The van der Waals surface area contributed by atoms with Crippen LogP contribution in [0.15, 0.2) is 35.7 Å². The van der Waals surface area contributed by atoms with Gasteiger partial charge in [-0.25, -0.2) is 0 Å². The van der Waals surface area contributed by atoms with Gasteiger partial charge < -0.3 is 4.90 Å². The molecule has 0 aliphatic heterocycles. The molecule has 0 fully saturated rings. The van der Waals surface area contributed by atoms with E-state index in [0.717, 1.165) is 11.3 Å². The molecule has 1 aromatic carbocycles. The molecule has 0 saturated heterocycles. The first-order valence-corrected chi connectivity index (χ1v) is 6.78. The van der Waals surface area contributed by atoms with Gasteiger partial charge in [0.25, 0.3) is 0 Å². The minimum absolute atomic E-state index is 0.277. The molecule has 2 nitrogen and oxygen atoms in total. The van der Waals surface area contributed by atoms with Crippen molar-refractivity contribution in [3.8, 4) is 6.07 Å². The van der Waals surface area contributed by atoms with Crippen LogP contribution in [0.2, 0.25) is 0 Å². The third-order valence-electron chi connectivity index (χ3n) is 3.19. The summed E-state index contributed by atoms with van der Waals surface area (Å²) in [6, 6.07) is 12.7. The monoisotopic (exact) mass is 256 g/mol. The van der Waals surface area contributed by atoms with Crippen LogP contribution in [0.25, 0.3) is 0 Å². The second-order valence-corrected chi connectivity index (χ2v) is 5.41. The van der Waals surface area contributed by atoms with Crippen LogP contribution in [-0.4, -0.2) is 7.05 Å². The van der Waals surface area contributed by atoms with Crippen molar-refractivity contribution in [1.82, 2.24) is 0 Å². The predicted octanol–water partition coefficient (Wildman–Crippen LogP) is 4.13. The van der Waals surface area contributed by atoms with Crippen LogP contribution in [0.4, 0.5) is 5.69 Å². The summed E-state index contributed by atoms with van der Waals surface area (Å²) in [4.78, 5) is 3.47. The number of hydrogen-bond donors (Lipinski definition) is 0. The van der Waals surface area contributed by atoms with E-state index in [9.17, 15) is 5.26 Å². The van der Waals surface area contributed by atoms with Gasteiger partial charge in [0.05, 0.1) is 17.3 Å². The van der Waals surface area contributed by atoms with Gasteiger partial charge in [0.1, 0.15) is 6.07 Å². The number of nitrogens with zero attached hydrogens (tertiary/aromatic N) is 2. The first-order valence-electron chi connectivity index (χ1n) is 5.90. The van der Waals surface area contributed by atoms with Gasteiger partial charge in [0.15, 0.2) is 0 Å². The van der Waals surface area contributed by atoms with Crippen molar-refractivity contribution in [3.05, 3.63) is 51.7 Å². The third kappa shape index (κ3) is 2.39. The molecular formula is C15H16N2S. The van der Waals surface area contributed by atoms with Gasteiger partial charge in [-0.1, -0.05) is 12.1 Å². The number of rotatable bonds is 3. The van der Waals surface area contributed by atoms with Gasteiger partial charge in [0, 0.05) is 11.9 Å². The Balaban J connectivity index is 2.37. The van der Waals surface area contributed by atoms with Crippen LogP contribution < -0.4 is 4.90 Å². The van der Waals surface area contributed by atoms with Gasteiger partial charge >= 0.3 is 0 Å². The quantitative estimate of drug-likeness (QED) is 0.825. The fourth-order valence-electron chi connectivity index (χ4n) is 1.96. The molecule has 2 aromatic rings. The Hall–Kier alpha value is -1.79. The highest BCUT2D eigenvalue weighted by Gasteiger charge is 2.16. The number of hydrogen-bond acceptors (Lipinski definition) is 3. The molecule has 0 aliphatic rings. The van der Waals surface area contributed by atoms with Crippen molar-refractivity contribution in [1.29, 1.82) is 5.26 Å². The highest BCUT2D eigenvalue weighted by Crippen LogP contribution is 2.30. The zero-order valence-corrected chi connectivity index (χ0v) is 11.7. The molecule has 0 aliphatic carbocycles. The molecule has 1 aromatic heterocycles. The zero-order valence-electron chi connectivity index (χ0n) is 10.8. The maximum atomic E-state index is 9.20. The van der Waals surface area contributed by atoms with E-state index in [1.54, 1.807) is 11.3 Å². The number of anilines is 1. The zero-order chi connectivity index (χ0) is 13.1. The van der Waals surface area contributed by atoms with E-state index in [1.165, 1.54) is 10.4 Å². The highest BCUT2D eigenvalue weighted by atomic mass is 32.1. The number of thiophene rings is 1. The minimum Gasteiger partial charge on any atom is -0.366 e. The van der Waals surface area contributed by atoms with Crippen LogP contribution in [0.5, 0.6) is 0 Å². The number of benzene rings is 1. The lowest BCUT2D eigenvalue weighted by molar-refractivity contribution is 0.753. The van der Waals surface area contributed by atoms with E-state index in [0.29, 0.717) is 0 Å². The minimum atomic E-state index is 0.277. The molecule has 18 heavy (non-hydrogen) atoms. The Morgan fingerprint density at radius 3 is 2.72 bits per heavy atom. The van der Waals surface area contributed by atoms with E-state index in [2.05, 4.69) is 41.5 Å². The summed E-state index contributed by atoms with van der Waals surface area (Å²) in [6.45, 7) is 4.21. The lowest BCUT2D eigenvalue weighted by Gasteiger charge is -2.27. The fraction of sp³-hybridized carbons (Fsp3) is 0.267. The largest absolute Gasteiger partial charge is 0.366 e. The van der Waals surface area contributed by atoms with E-state index >= 15 is 0 Å². The van der Waals surface area contributed by atoms with E-state index in [4.69, 9.17) is 0 Å². The Labute approximate surface area is 112 Å². The van der Waals surface area contributed by atoms with E-state index in [-0.39, 0.29) is 6.04 Å². The lowest BCUT2D eigenvalue weighted by Crippen LogP contribution is -2.21. The molecule has 1 atom stereocenters. The topological polar surface area (TPSA) is 27.0 Å². The van der Waals surface area contributed by atoms with Crippen molar-refractivity contribution in [2.75, 3.05) is 11.9 Å². The Morgan fingerprint density at radius 2 is 2.11 bits per heavy atom. The van der Waals surface area contributed by atoms with Crippen LogP contribution in [0, 0.1) is 18.3 Å². The highest BCUT2D eigenvalue weighted by molar-refractivity contribution is 7.10. The molecule has 0 bridgehead atoms. The molecule has 1 unspecified atom stereocenters. The average Bonchev–Trinajstić information content (AvgIpc) is 2.90. The van der Waals surface area contributed by atoms with Crippen molar-refractivity contribution in [2.45, 2.75) is 19.9 Å². The summed E-state index contributed by atoms with van der Waals surface area (Å²) in [5.74, 6) is 0. The first kappa shape index (κ1) is 12.7.